The number of aliphatic carboxylic acids is 1. The van der Waals surface area contributed by atoms with Gasteiger partial charge < -0.3 is 10.0 Å². The number of carbonyl (C=O) groups excluding carboxylic acids is 2. The Morgan fingerprint density at radius 2 is 2.04 bits per heavy atom. The van der Waals surface area contributed by atoms with Gasteiger partial charge in [0.05, 0.1) is 22.6 Å². The van der Waals surface area contributed by atoms with E-state index in [1.54, 1.807) is 19.2 Å². The van der Waals surface area contributed by atoms with Crippen molar-refractivity contribution < 1.29 is 19.5 Å². The number of carboxylic acids is 1. The molecular formula is C15H11BrN2O4S2. The third-order valence-electron chi connectivity index (χ3n) is 3.73. The summed E-state index contributed by atoms with van der Waals surface area (Å²) in [6, 6.07) is 5.41. The van der Waals surface area contributed by atoms with Gasteiger partial charge in [0.25, 0.3) is 11.8 Å². The zero-order chi connectivity index (χ0) is 17.6. The van der Waals surface area contributed by atoms with E-state index < -0.39 is 11.9 Å². The number of rotatable bonds is 3. The number of fused-ring (bicyclic) bond motifs is 1. The average Bonchev–Trinajstić information content (AvgIpc) is 2.92. The van der Waals surface area contributed by atoms with E-state index in [1.165, 1.54) is 9.80 Å². The number of likely N-dealkylation sites (N-methyl/N-ethyl adjacent to an activating group) is 1. The minimum atomic E-state index is -1.01. The first-order valence-corrected chi connectivity index (χ1v) is 8.90. The van der Waals surface area contributed by atoms with E-state index in [4.69, 9.17) is 17.3 Å². The molecule has 0 spiro atoms. The number of amides is 2. The summed E-state index contributed by atoms with van der Waals surface area (Å²) in [5.41, 5.74) is 1.69. The van der Waals surface area contributed by atoms with Gasteiger partial charge in [0.2, 0.25) is 0 Å². The average molecular weight is 427 g/mol. The van der Waals surface area contributed by atoms with E-state index in [0.29, 0.717) is 16.8 Å². The highest BCUT2D eigenvalue weighted by molar-refractivity contribution is 9.10. The van der Waals surface area contributed by atoms with Crippen molar-refractivity contribution in [2.24, 2.45) is 0 Å². The van der Waals surface area contributed by atoms with Crippen LogP contribution in [-0.2, 0) is 14.4 Å². The maximum atomic E-state index is 12.6. The quantitative estimate of drug-likeness (QED) is 0.590. The lowest BCUT2D eigenvalue weighted by atomic mass is 10.1. The van der Waals surface area contributed by atoms with Gasteiger partial charge in [-0.1, -0.05) is 39.9 Å². The smallest absolute Gasteiger partial charge is 0.305 e. The number of benzene rings is 1. The fraction of sp³-hybridized carbons (Fsp3) is 0.200. The lowest BCUT2D eigenvalue weighted by molar-refractivity contribution is -0.137. The van der Waals surface area contributed by atoms with Gasteiger partial charge in [-0.25, -0.2) is 0 Å². The number of hydrogen-bond donors (Lipinski definition) is 1. The molecule has 2 aliphatic heterocycles. The van der Waals surface area contributed by atoms with Crippen molar-refractivity contribution >= 4 is 73.3 Å². The first kappa shape index (κ1) is 17.1. The number of carboxylic acid groups (broad SMARTS) is 1. The van der Waals surface area contributed by atoms with E-state index in [-0.39, 0.29) is 28.1 Å². The number of thiocarbonyl (C=S) groups is 1. The first-order valence-electron chi connectivity index (χ1n) is 6.89. The topological polar surface area (TPSA) is 77.9 Å². The number of hydrogen-bond acceptors (Lipinski definition) is 5. The lowest BCUT2D eigenvalue weighted by Crippen LogP contribution is -2.30. The summed E-state index contributed by atoms with van der Waals surface area (Å²) in [5.74, 6) is -1.71. The van der Waals surface area contributed by atoms with Crippen LogP contribution in [0.1, 0.15) is 12.0 Å². The molecule has 2 aliphatic rings. The number of carbonyl (C=O) groups is 3. The summed E-state index contributed by atoms with van der Waals surface area (Å²) in [5, 5.41) is 8.80. The molecule has 24 heavy (non-hydrogen) atoms. The molecule has 9 heteroatoms. The van der Waals surface area contributed by atoms with Crippen molar-refractivity contribution in [3.05, 3.63) is 33.1 Å². The second-order valence-corrected chi connectivity index (χ2v) is 7.76. The van der Waals surface area contributed by atoms with Crippen LogP contribution in [0.4, 0.5) is 5.69 Å². The highest BCUT2D eigenvalue weighted by atomic mass is 79.9. The van der Waals surface area contributed by atoms with Crippen molar-refractivity contribution in [3.63, 3.8) is 0 Å². The van der Waals surface area contributed by atoms with Gasteiger partial charge in [0.15, 0.2) is 0 Å². The standard InChI is InChI=1S/C15H11BrN2O4S2/c1-17-9-3-2-7(16)6-8(9)11(13(17)21)12-14(22)18(15(23)24-12)5-4-10(19)20/h2-3,6H,4-5H2,1H3,(H,19,20). The Kier molecular flexibility index (Phi) is 4.50. The summed E-state index contributed by atoms with van der Waals surface area (Å²) >= 11 is 9.59. The van der Waals surface area contributed by atoms with Crippen LogP contribution in [0.3, 0.4) is 0 Å². The Labute approximate surface area is 155 Å². The van der Waals surface area contributed by atoms with Gasteiger partial charge in [0.1, 0.15) is 4.32 Å². The van der Waals surface area contributed by atoms with Crippen molar-refractivity contribution in [2.45, 2.75) is 6.42 Å². The molecule has 1 saturated heterocycles. The van der Waals surface area contributed by atoms with Crippen molar-refractivity contribution in [1.29, 1.82) is 0 Å². The fourth-order valence-electron chi connectivity index (χ4n) is 2.56. The number of thioether (sulfide) groups is 1. The van der Waals surface area contributed by atoms with Crippen LogP contribution >= 0.6 is 39.9 Å². The second-order valence-electron chi connectivity index (χ2n) is 5.20. The summed E-state index contributed by atoms with van der Waals surface area (Å²) in [4.78, 5) is 39.0. The van der Waals surface area contributed by atoms with Gasteiger partial charge in [-0.2, -0.15) is 0 Å². The summed E-state index contributed by atoms with van der Waals surface area (Å²) < 4.78 is 1.06. The first-order chi connectivity index (χ1) is 11.3. The molecule has 2 heterocycles. The second kappa shape index (κ2) is 6.30. The Bertz CT molecular complexity index is 837. The Balaban J connectivity index is 2.06. The molecule has 3 rings (SSSR count). The number of halogens is 1. The highest BCUT2D eigenvalue weighted by Gasteiger charge is 2.41. The fourth-order valence-corrected chi connectivity index (χ4v) is 4.30. The summed E-state index contributed by atoms with van der Waals surface area (Å²) in [7, 11) is 1.65. The Hall–Kier alpha value is -1.71. The molecule has 1 N–H and O–H groups in total. The Morgan fingerprint density at radius 1 is 1.33 bits per heavy atom. The van der Waals surface area contributed by atoms with Gasteiger partial charge in [0, 0.05) is 23.6 Å². The molecule has 0 radical (unpaired) electrons. The van der Waals surface area contributed by atoms with Crippen LogP contribution < -0.4 is 4.90 Å². The van der Waals surface area contributed by atoms with Crippen molar-refractivity contribution in [1.82, 2.24) is 4.90 Å². The third kappa shape index (κ3) is 2.76. The van der Waals surface area contributed by atoms with Gasteiger partial charge in [-0.15, -0.1) is 0 Å². The van der Waals surface area contributed by atoms with Crippen LogP contribution in [-0.4, -0.2) is 45.7 Å². The molecule has 0 aromatic heterocycles. The van der Waals surface area contributed by atoms with Crippen molar-refractivity contribution in [3.8, 4) is 0 Å². The van der Waals surface area contributed by atoms with Crippen LogP contribution in [0.2, 0.25) is 0 Å². The molecule has 1 aromatic rings. The van der Waals surface area contributed by atoms with E-state index in [1.807, 2.05) is 6.07 Å². The molecule has 2 amide bonds. The van der Waals surface area contributed by atoms with Gasteiger partial charge in [-0.3, -0.25) is 19.3 Å². The highest BCUT2D eigenvalue weighted by Crippen LogP contribution is 2.44. The normalized spacial score (nSPS) is 20.2. The van der Waals surface area contributed by atoms with Crippen LogP contribution in [0.15, 0.2) is 27.6 Å². The van der Waals surface area contributed by atoms with Gasteiger partial charge in [-0.05, 0) is 18.2 Å². The molecule has 0 aliphatic carbocycles. The predicted molar refractivity (Wildman–Crippen MR) is 98.6 cm³/mol. The Morgan fingerprint density at radius 3 is 2.71 bits per heavy atom. The van der Waals surface area contributed by atoms with Crippen LogP contribution in [0.5, 0.6) is 0 Å². The third-order valence-corrected chi connectivity index (χ3v) is 5.67. The monoisotopic (exact) mass is 426 g/mol. The zero-order valence-electron chi connectivity index (χ0n) is 12.4. The molecule has 6 nitrogen and oxygen atoms in total. The summed E-state index contributed by atoms with van der Waals surface area (Å²) in [6.07, 6.45) is -0.203. The molecule has 0 unspecified atom stereocenters. The van der Waals surface area contributed by atoms with E-state index >= 15 is 0 Å². The SMILES string of the molecule is CN1C(=O)C(=C2SC(=S)N(CCC(=O)O)C2=O)c2cc(Br)ccc21. The minimum Gasteiger partial charge on any atom is -0.481 e. The maximum absolute atomic E-state index is 12.6. The molecule has 124 valence electrons. The molecule has 0 saturated carbocycles. The van der Waals surface area contributed by atoms with E-state index in [9.17, 15) is 14.4 Å². The largest absolute Gasteiger partial charge is 0.481 e. The zero-order valence-corrected chi connectivity index (χ0v) is 15.6. The van der Waals surface area contributed by atoms with Crippen LogP contribution in [0.25, 0.3) is 5.57 Å². The summed E-state index contributed by atoms with van der Waals surface area (Å²) in [6.45, 7) is -0.00779. The number of anilines is 1. The van der Waals surface area contributed by atoms with E-state index in [2.05, 4.69) is 15.9 Å². The lowest BCUT2D eigenvalue weighted by Gasteiger charge is -2.12. The molecule has 1 aromatic carbocycles. The minimum absolute atomic E-state index is 0.00779. The van der Waals surface area contributed by atoms with E-state index in [0.717, 1.165) is 16.2 Å². The van der Waals surface area contributed by atoms with Crippen molar-refractivity contribution in [2.75, 3.05) is 18.5 Å². The number of nitrogens with zero attached hydrogens (tertiary/aromatic N) is 2. The maximum Gasteiger partial charge on any atom is 0.305 e. The molecule has 1 fully saturated rings. The van der Waals surface area contributed by atoms with Crippen LogP contribution in [0, 0.1) is 0 Å². The molecule has 0 bridgehead atoms. The predicted octanol–water partition coefficient (Wildman–Crippen LogP) is 2.47. The molecule has 0 atom stereocenters. The molecular weight excluding hydrogens is 416 g/mol. The van der Waals surface area contributed by atoms with Gasteiger partial charge >= 0.3 is 5.97 Å².